The summed E-state index contributed by atoms with van der Waals surface area (Å²) in [5, 5.41) is 6.52. The molecule has 2 aliphatic heterocycles. The van der Waals surface area contributed by atoms with Crippen LogP contribution in [0.5, 0.6) is 5.75 Å². The second-order valence-electron chi connectivity index (χ2n) is 9.67. The first-order chi connectivity index (χ1) is 16.6. The van der Waals surface area contributed by atoms with Gasteiger partial charge in [-0.1, -0.05) is 49.8 Å². The third-order valence-corrected chi connectivity index (χ3v) is 7.26. The molecule has 6 nitrogen and oxygen atoms in total. The molecular weight excluding hydrogens is 426 g/mol. The zero-order valence-electron chi connectivity index (χ0n) is 19.6. The first-order valence-corrected chi connectivity index (χ1v) is 12.4. The van der Waals surface area contributed by atoms with Crippen LogP contribution in [0.15, 0.2) is 60.8 Å². The van der Waals surface area contributed by atoms with Crippen molar-refractivity contribution < 1.29 is 14.3 Å². The molecule has 2 amide bonds. The van der Waals surface area contributed by atoms with Crippen molar-refractivity contribution in [1.82, 2.24) is 15.5 Å². The summed E-state index contributed by atoms with van der Waals surface area (Å²) in [6.45, 7) is 5.11. The zero-order chi connectivity index (χ0) is 23.5. The number of rotatable bonds is 6. The van der Waals surface area contributed by atoms with E-state index < -0.39 is 6.04 Å². The van der Waals surface area contributed by atoms with E-state index in [0.717, 1.165) is 42.8 Å². The number of fused-ring (bicyclic) bond motifs is 1. The van der Waals surface area contributed by atoms with Gasteiger partial charge < -0.3 is 20.3 Å². The maximum absolute atomic E-state index is 13.0. The Hall–Kier alpha value is -3.12. The minimum Gasteiger partial charge on any atom is -0.489 e. The minimum absolute atomic E-state index is 0.0777. The first-order valence-electron chi connectivity index (χ1n) is 12.4. The van der Waals surface area contributed by atoms with E-state index >= 15 is 0 Å². The number of amides is 2. The molecule has 2 aromatic carbocycles. The molecule has 1 unspecified atom stereocenters. The predicted octanol–water partition coefficient (Wildman–Crippen LogP) is 4.30. The van der Waals surface area contributed by atoms with Gasteiger partial charge in [0.1, 0.15) is 17.9 Å². The van der Waals surface area contributed by atoms with Crippen LogP contribution in [0.1, 0.15) is 66.4 Å². The maximum Gasteiger partial charge on any atom is 0.255 e. The van der Waals surface area contributed by atoms with Crippen molar-refractivity contribution in [1.29, 1.82) is 0 Å². The van der Waals surface area contributed by atoms with Crippen LogP contribution in [0, 0.1) is 0 Å². The molecule has 0 radical (unpaired) electrons. The van der Waals surface area contributed by atoms with Gasteiger partial charge in [0.05, 0.1) is 0 Å². The third kappa shape index (κ3) is 4.87. The Bertz CT molecular complexity index is 1070. The highest BCUT2D eigenvalue weighted by atomic mass is 16.5. The van der Waals surface area contributed by atoms with Crippen molar-refractivity contribution in [3.8, 4) is 5.75 Å². The molecule has 3 aliphatic rings. The van der Waals surface area contributed by atoms with E-state index in [0.29, 0.717) is 24.9 Å². The van der Waals surface area contributed by atoms with Gasteiger partial charge in [0.2, 0.25) is 5.91 Å². The number of piperidine rings is 1. The van der Waals surface area contributed by atoms with E-state index in [1.54, 1.807) is 4.90 Å². The number of nitrogens with zero attached hydrogens (tertiary/aromatic N) is 1. The molecule has 3 atom stereocenters. The van der Waals surface area contributed by atoms with Gasteiger partial charge in [-0.2, -0.15) is 0 Å². The number of ether oxygens (including phenoxy) is 1. The second kappa shape index (κ2) is 10.0. The van der Waals surface area contributed by atoms with Gasteiger partial charge in [-0.05, 0) is 61.4 Å². The quantitative estimate of drug-likeness (QED) is 0.632. The fourth-order valence-corrected chi connectivity index (χ4v) is 5.37. The monoisotopic (exact) mass is 459 g/mol. The van der Waals surface area contributed by atoms with Crippen LogP contribution in [0.4, 0.5) is 0 Å². The molecular formula is C28H33N3O3. The van der Waals surface area contributed by atoms with Crippen LogP contribution in [0.3, 0.4) is 0 Å². The molecule has 178 valence electrons. The molecule has 1 saturated heterocycles. The molecule has 34 heavy (non-hydrogen) atoms. The molecule has 5 rings (SSSR count). The Morgan fingerprint density at radius 1 is 1.03 bits per heavy atom. The topological polar surface area (TPSA) is 70.7 Å². The van der Waals surface area contributed by atoms with Crippen LogP contribution in [0.2, 0.25) is 0 Å². The summed E-state index contributed by atoms with van der Waals surface area (Å²) < 4.78 is 6.53. The SMILES string of the molecule is C=C1CCC(N2Cc3cc(O[C@@H]4CCCCC[C@H]4NCc4ccccc4)ccc3C2=O)C(=O)N1. The lowest BCUT2D eigenvalue weighted by molar-refractivity contribution is -0.126. The average molecular weight is 460 g/mol. The molecule has 0 spiro atoms. The highest BCUT2D eigenvalue weighted by molar-refractivity contribution is 6.01. The predicted molar refractivity (Wildman–Crippen MR) is 131 cm³/mol. The van der Waals surface area contributed by atoms with E-state index in [9.17, 15) is 9.59 Å². The maximum atomic E-state index is 13.0. The smallest absolute Gasteiger partial charge is 0.255 e. The standard InChI is InChI=1S/C28H33N3O3/c1-19-12-15-25(27(32)30-19)31-18-21-16-22(13-14-23(21)28(31)33)34-26-11-7-3-6-10-24(26)29-17-20-8-4-2-5-9-20/h2,4-5,8-9,13-14,16,24-26,29H,1,3,6-7,10-12,15,17-18H2,(H,30,32)/t24-,25?,26-/m1/s1. The van der Waals surface area contributed by atoms with E-state index in [1.165, 1.54) is 18.4 Å². The lowest BCUT2D eigenvalue weighted by Crippen LogP contribution is -2.49. The summed E-state index contributed by atoms with van der Waals surface area (Å²) in [6, 6.07) is 16.1. The number of benzene rings is 2. The number of allylic oxidation sites excluding steroid dienone is 1. The van der Waals surface area contributed by atoms with Crippen molar-refractivity contribution in [3.05, 3.63) is 77.5 Å². The van der Waals surface area contributed by atoms with Crippen molar-refractivity contribution in [2.45, 2.75) is 76.2 Å². The normalized spacial score (nSPS) is 25.0. The van der Waals surface area contributed by atoms with E-state index in [1.807, 2.05) is 24.3 Å². The summed E-state index contributed by atoms with van der Waals surface area (Å²) in [7, 11) is 0. The fraction of sp³-hybridized carbons (Fsp3) is 0.429. The van der Waals surface area contributed by atoms with Gasteiger partial charge in [0.15, 0.2) is 0 Å². The zero-order valence-corrected chi connectivity index (χ0v) is 19.6. The molecule has 2 fully saturated rings. The molecule has 1 aliphatic carbocycles. The van der Waals surface area contributed by atoms with Gasteiger partial charge in [-0.25, -0.2) is 0 Å². The van der Waals surface area contributed by atoms with Gasteiger partial charge >= 0.3 is 0 Å². The highest BCUT2D eigenvalue weighted by Crippen LogP contribution is 2.32. The Balaban J connectivity index is 1.27. The second-order valence-corrected chi connectivity index (χ2v) is 9.67. The van der Waals surface area contributed by atoms with Crippen LogP contribution in [-0.2, 0) is 17.9 Å². The average Bonchev–Trinajstić information content (AvgIpc) is 3.00. The fourth-order valence-electron chi connectivity index (χ4n) is 5.37. The summed E-state index contributed by atoms with van der Waals surface area (Å²) >= 11 is 0. The van der Waals surface area contributed by atoms with Gasteiger partial charge in [0.25, 0.3) is 5.91 Å². The molecule has 6 heteroatoms. The number of carbonyl (C=O) groups is 2. The molecule has 0 aromatic heterocycles. The summed E-state index contributed by atoms with van der Waals surface area (Å²) in [4.78, 5) is 27.2. The number of carbonyl (C=O) groups excluding carboxylic acids is 2. The van der Waals surface area contributed by atoms with E-state index in [-0.39, 0.29) is 24.0 Å². The van der Waals surface area contributed by atoms with Gasteiger partial charge in [0, 0.05) is 30.4 Å². The number of nitrogens with one attached hydrogen (secondary N) is 2. The molecule has 2 aromatic rings. The number of hydrogen-bond donors (Lipinski definition) is 2. The lowest BCUT2D eigenvalue weighted by Gasteiger charge is -2.30. The Kier molecular flexibility index (Phi) is 6.68. The third-order valence-electron chi connectivity index (χ3n) is 7.26. The van der Waals surface area contributed by atoms with Crippen LogP contribution < -0.4 is 15.4 Å². The van der Waals surface area contributed by atoms with Gasteiger partial charge in [-0.3, -0.25) is 9.59 Å². The van der Waals surface area contributed by atoms with Crippen molar-refractivity contribution in [2.75, 3.05) is 0 Å². The summed E-state index contributed by atoms with van der Waals surface area (Å²) in [5.74, 6) is 0.582. The Morgan fingerprint density at radius 2 is 1.85 bits per heavy atom. The Morgan fingerprint density at radius 3 is 2.68 bits per heavy atom. The van der Waals surface area contributed by atoms with E-state index in [2.05, 4.69) is 41.5 Å². The summed E-state index contributed by atoms with van der Waals surface area (Å²) in [5.41, 5.74) is 3.60. The minimum atomic E-state index is -0.441. The lowest BCUT2D eigenvalue weighted by atomic mass is 10.0. The van der Waals surface area contributed by atoms with Crippen LogP contribution >= 0.6 is 0 Å². The highest BCUT2D eigenvalue weighted by Gasteiger charge is 2.38. The summed E-state index contributed by atoms with van der Waals surface area (Å²) in [6.07, 6.45) is 7.11. The largest absolute Gasteiger partial charge is 0.489 e. The molecule has 2 N–H and O–H groups in total. The molecule has 2 heterocycles. The van der Waals surface area contributed by atoms with Crippen molar-refractivity contribution >= 4 is 11.8 Å². The van der Waals surface area contributed by atoms with Crippen molar-refractivity contribution in [3.63, 3.8) is 0 Å². The molecule has 1 saturated carbocycles. The Labute approximate surface area is 201 Å². The molecule has 0 bridgehead atoms. The van der Waals surface area contributed by atoms with Crippen LogP contribution in [0.25, 0.3) is 0 Å². The number of hydrogen-bond acceptors (Lipinski definition) is 4. The van der Waals surface area contributed by atoms with Gasteiger partial charge in [-0.15, -0.1) is 0 Å². The first kappa shape index (κ1) is 22.7. The van der Waals surface area contributed by atoms with E-state index in [4.69, 9.17) is 4.74 Å². The van der Waals surface area contributed by atoms with Crippen LogP contribution in [-0.4, -0.2) is 34.9 Å². The van der Waals surface area contributed by atoms with Crippen molar-refractivity contribution in [2.24, 2.45) is 0 Å².